The van der Waals surface area contributed by atoms with Crippen LogP contribution in [0.1, 0.15) is 28.9 Å². The fourth-order valence-electron chi connectivity index (χ4n) is 1.51. The maximum atomic E-state index is 11.9. The zero-order valence-electron chi connectivity index (χ0n) is 9.97. The third kappa shape index (κ3) is 2.54. The number of aliphatic hydroxyl groups is 1. The first kappa shape index (κ1) is 12.3. The largest absolute Gasteiger partial charge is 0.392 e. The average Bonchev–Trinajstić information content (AvgIpc) is 2.88. The molecule has 2 rings (SSSR count). The van der Waals surface area contributed by atoms with Gasteiger partial charge in [0.25, 0.3) is 5.91 Å². The first-order chi connectivity index (χ1) is 8.74. The molecular formula is C12H14N4O2. The molecular weight excluding hydrogens is 232 g/mol. The highest BCUT2D eigenvalue weighted by Crippen LogP contribution is 2.15. The van der Waals surface area contributed by atoms with Crippen molar-refractivity contribution in [1.82, 2.24) is 15.2 Å². The summed E-state index contributed by atoms with van der Waals surface area (Å²) in [5.41, 5.74) is 1.21. The van der Waals surface area contributed by atoms with Gasteiger partial charge in [0.2, 0.25) is 5.82 Å². The van der Waals surface area contributed by atoms with E-state index in [9.17, 15) is 4.79 Å². The first-order valence-corrected chi connectivity index (χ1v) is 5.66. The average molecular weight is 246 g/mol. The Balaban J connectivity index is 2.16. The number of aromatic nitrogens is 3. The first-order valence-electron chi connectivity index (χ1n) is 5.66. The van der Waals surface area contributed by atoms with E-state index in [1.807, 2.05) is 6.92 Å². The highest BCUT2D eigenvalue weighted by Gasteiger charge is 2.13. The van der Waals surface area contributed by atoms with Gasteiger partial charge in [0.1, 0.15) is 5.82 Å². The number of amides is 1. The molecule has 1 heterocycles. The van der Waals surface area contributed by atoms with Crippen LogP contribution in [0.3, 0.4) is 0 Å². The van der Waals surface area contributed by atoms with Crippen LogP contribution in [0.15, 0.2) is 24.3 Å². The minimum absolute atomic E-state index is 0.0968. The van der Waals surface area contributed by atoms with Gasteiger partial charge < -0.3 is 10.4 Å². The van der Waals surface area contributed by atoms with Crippen LogP contribution in [0, 0.1) is 0 Å². The van der Waals surface area contributed by atoms with Crippen LogP contribution >= 0.6 is 0 Å². The minimum atomic E-state index is -0.396. The van der Waals surface area contributed by atoms with E-state index >= 15 is 0 Å². The van der Waals surface area contributed by atoms with Crippen molar-refractivity contribution in [1.29, 1.82) is 0 Å². The molecule has 3 N–H and O–H groups in total. The standard InChI is InChI=1S/C12H14N4O2/c1-2-10-14-11(16-15-10)12(18)13-9-6-4-3-5-8(9)7-17/h3-6,17H,2,7H2,1H3,(H,13,18)(H,14,15,16). The Morgan fingerprint density at radius 2 is 2.22 bits per heavy atom. The normalized spacial score (nSPS) is 10.3. The van der Waals surface area contributed by atoms with Crippen molar-refractivity contribution in [3.63, 3.8) is 0 Å². The molecule has 1 amide bonds. The summed E-state index contributed by atoms with van der Waals surface area (Å²) in [6.07, 6.45) is 0.688. The molecule has 6 heteroatoms. The van der Waals surface area contributed by atoms with Gasteiger partial charge in [0.15, 0.2) is 0 Å². The topological polar surface area (TPSA) is 90.9 Å². The molecule has 0 radical (unpaired) electrons. The monoisotopic (exact) mass is 246 g/mol. The molecule has 2 aromatic rings. The van der Waals surface area contributed by atoms with Crippen molar-refractivity contribution < 1.29 is 9.90 Å². The van der Waals surface area contributed by atoms with Crippen LogP contribution in [0.5, 0.6) is 0 Å². The number of nitrogens with zero attached hydrogens (tertiary/aromatic N) is 2. The zero-order valence-corrected chi connectivity index (χ0v) is 9.97. The molecule has 0 aliphatic rings. The number of carbonyl (C=O) groups is 1. The van der Waals surface area contributed by atoms with Gasteiger partial charge in [0.05, 0.1) is 6.61 Å². The molecule has 0 unspecified atom stereocenters. The predicted octanol–water partition coefficient (Wildman–Crippen LogP) is 1.11. The van der Waals surface area contributed by atoms with Crippen LogP contribution < -0.4 is 5.32 Å². The third-order valence-electron chi connectivity index (χ3n) is 2.51. The van der Waals surface area contributed by atoms with Gasteiger partial charge in [-0.3, -0.25) is 9.89 Å². The van der Waals surface area contributed by atoms with Crippen LogP contribution in [0.2, 0.25) is 0 Å². The van der Waals surface area contributed by atoms with Crippen LogP contribution in [0.4, 0.5) is 5.69 Å². The lowest BCUT2D eigenvalue weighted by molar-refractivity contribution is 0.101. The Morgan fingerprint density at radius 1 is 1.44 bits per heavy atom. The van der Waals surface area contributed by atoms with Gasteiger partial charge in [-0.1, -0.05) is 25.1 Å². The number of rotatable bonds is 4. The van der Waals surface area contributed by atoms with E-state index < -0.39 is 5.91 Å². The second-order valence-electron chi connectivity index (χ2n) is 3.73. The summed E-state index contributed by atoms with van der Waals surface area (Å²) < 4.78 is 0. The number of benzene rings is 1. The summed E-state index contributed by atoms with van der Waals surface area (Å²) in [6, 6.07) is 7.04. The number of aryl methyl sites for hydroxylation is 1. The number of carbonyl (C=O) groups excluding carboxylic acids is 1. The van der Waals surface area contributed by atoms with E-state index in [1.54, 1.807) is 24.3 Å². The summed E-state index contributed by atoms with van der Waals surface area (Å²) in [5, 5.41) is 18.3. The van der Waals surface area contributed by atoms with Gasteiger partial charge in [-0.25, -0.2) is 4.98 Å². The van der Waals surface area contributed by atoms with Crippen molar-refractivity contribution in [2.75, 3.05) is 5.32 Å². The Morgan fingerprint density at radius 3 is 2.89 bits per heavy atom. The Kier molecular flexibility index (Phi) is 3.69. The molecule has 0 atom stereocenters. The number of nitrogens with one attached hydrogen (secondary N) is 2. The van der Waals surface area contributed by atoms with Gasteiger partial charge in [-0.2, -0.15) is 0 Å². The van der Waals surface area contributed by atoms with E-state index in [-0.39, 0.29) is 12.4 Å². The molecule has 6 nitrogen and oxygen atoms in total. The number of H-pyrrole nitrogens is 1. The lowest BCUT2D eigenvalue weighted by Gasteiger charge is -2.07. The fraction of sp³-hybridized carbons (Fsp3) is 0.250. The van der Waals surface area contributed by atoms with E-state index in [0.717, 1.165) is 0 Å². The molecule has 0 spiro atoms. The van der Waals surface area contributed by atoms with Crippen LogP contribution in [-0.4, -0.2) is 26.2 Å². The van der Waals surface area contributed by atoms with E-state index in [0.29, 0.717) is 23.5 Å². The molecule has 0 saturated carbocycles. The van der Waals surface area contributed by atoms with Crippen LogP contribution in [0.25, 0.3) is 0 Å². The summed E-state index contributed by atoms with van der Waals surface area (Å²) in [7, 11) is 0. The number of hydrogen-bond donors (Lipinski definition) is 3. The van der Waals surface area contributed by atoms with E-state index in [4.69, 9.17) is 5.11 Å². The number of aromatic amines is 1. The van der Waals surface area contributed by atoms with Gasteiger partial charge in [-0.15, -0.1) is 5.10 Å². The maximum absolute atomic E-state index is 11.9. The molecule has 0 saturated heterocycles. The Bertz CT molecular complexity index is 551. The zero-order chi connectivity index (χ0) is 13.0. The molecule has 0 aliphatic carbocycles. The summed E-state index contributed by atoms with van der Waals surface area (Å²) in [4.78, 5) is 15.9. The van der Waals surface area contributed by atoms with Crippen molar-refractivity contribution >= 4 is 11.6 Å². The highest BCUT2D eigenvalue weighted by atomic mass is 16.3. The van der Waals surface area contributed by atoms with Crippen molar-refractivity contribution in [2.45, 2.75) is 20.0 Å². The van der Waals surface area contributed by atoms with E-state index in [1.165, 1.54) is 0 Å². The van der Waals surface area contributed by atoms with Crippen molar-refractivity contribution in [3.05, 3.63) is 41.5 Å². The summed E-state index contributed by atoms with van der Waals surface area (Å²) >= 11 is 0. The molecule has 0 bridgehead atoms. The Labute approximate surface area is 104 Å². The fourth-order valence-corrected chi connectivity index (χ4v) is 1.51. The SMILES string of the molecule is CCc1nc(C(=O)Nc2ccccc2CO)n[nH]1. The second-order valence-corrected chi connectivity index (χ2v) is 3.73. The van der Waals surface area contributed by atoms with Gasteiger partial charge in [0, 0.05) is 17.7 Å². The smallest absolute Gasteiger partial charge is 0.295 e. The van der Waals surface area contributed by atoms with Gasteiger partial charge in [-0.05, 0) is 6.07 Å². The van der Waals surface area contributed by atoms with Gasteiger partial charge >= 0.3 is 0 Å². The molecule has 1 aromatic heterocycles. The lowest BCUT2D eigenvalue weighted by atomic mass is 10.2. The predicted molar refractivity (Wildman–Crippen MR) is 66.1 cm³/mol. The number of aliphatic hydroxyl groups excluding tert-OH is 1. The number of hydrogen-bond acceptors (Lipinski definition) is 4. The lowest BCUT2D eigenvalue weighted by Crippen LogP contribution is -2.15. The minimum Gasteiger partial charge on any atom is -0.392 e. The second kappa shape index (κ2) is 5.42. The molecule has 18 heavy (non-hydrogen) atoms. The number of anilines is 1. The van der Waals surface area contributed by atoms with E-state index in [2.05, 4.69) is 20.5 Å². The van der Waals surface area contributed by atoms with Crippen molar-refractivity contribution in [3.8, 4) is 0 Å². The quantitative estimate of drug-likeness (QED) is 0.753. The summed E-state index contributed by atoms with van der Waals surface area (Å²) in [5.74, 6) is 0.363. The maximum Gasteiger partial charge on any atom is 0.295 e. The third-order valence-corrected chi connectivity index (χ3v) is 2.51. The molecule has 0 fully saturated rings. The molecule has 0 aliphatic heterocycles. The van der Waals surface area contributed by atoms with Crippen LogP contribution in [-0.2, 0) is 13.0 Å². The highest BCUT2D eigenvalue weighted by molar-refractivity contribution is 6.01. The Hall–Kier alpha value is -2.21. The summed E-state index contributed by atoms with van der Waals surface area (Å²) in [6.45, 7) is 1.79. The molecule has 94 valence electrons. The van der Waals surface area contributed by atoms with Crippen molar-refractivity contribution in [2.24, 2.45) is 0 Å². The molecule has 1 aromatic carbocycles. The number of para-hydroxylation sites is 1.